The number of esters is 1. The zero-order valence-corrected chi connectivity index (χ0v) is 20.1. The van der Waals surface area contributed by atoms with Gasteiger partial charge in [0.15, 0.2) is 0 Å². The largest absolute Gasteiger partial charge is 0.462 e. The molecule has 1 spiro atoms. The minimum absolute atomic E-state index is 0.119. The van der Waals surface area contributed by atoms with Crippen molar-refractivity contribution in [2.75, 3.05) is 11.5 Å². The molecule has 3 aromatic rings. The SMILES string of the molecule is CCOC(=O)c1ccc(N2C(=O)[C@@H]3[C@@H](c4ccc(F)cc4)OC4(C(=O)c5ccccc5C4=O)[C@H]3C2=O)cc1. The predicted octanol–water partition coefficient (Wildman–Crippen LogP) is 3.70. The number of imide groups is 1. The average molecular weight is 513 g/mol. The molecule has 2 saturated heterocycles. The van der Waals surface area contributed by atoms with E-state index in [1.807, 2.05) is 0 Å². The van der Waals surface area contributed by atoms with Crippen LogP contribution in [0.3, 0.4) is 0 Å². The van der Waals surface area contributed by atoms with E-state index in [4.69, 9.17) is 9.47 Å². The number of fused-ring (bicyclic) bond motifs is 3. The number of rotatable bonds is 4. The lowest BCUT2D eigenvalue weighted by Gasteiger charge is -2.27. The van der Waals surface area contributed by atoms with E-state index < -0.39 is 58.7 Å². The number of halogens is 1. The van der Waals surface area contributed by atoms with Crippen LogP contribution in [0.15, 0.2) is 72.8 Å². The number of nitrogens with zero attached hydrogens (tertiary/aromatic N) is 1. The maximum absolute atomic E-state index is 13.9. The second-order valence-corrected chi connectivity index (χ2v) is 9.31. The van der Waals surface area contributed by atoms with Crippen LogP contribution >= 0.6 is 0 Å². The molecule has 2 fully saturated rings. The van der Waals surface area contributed by atoms with Gasteiger partial charge in [0.05, 0.1) is 35.8 Å². The first-order valence-corrected chi connectivity index (χ1v) is 12.1. The van der Waals surface area contributed by atoms with Crippen LogP contribution in [0, 0.1) is 17.7 Å². The summed E-state index contributed by atoms with van der Waals surface area (Å²) in [4.78, 5) is 68.2. The number of benzene rings is 3. The summed E-state index contributed by atoms with van der Waals surface area (Å²) in [6.07, 6.45) is -1.15. The Morgan fingerprint density at radius 1 is 0.895 bits per heavy atom. The molecule has 2 aliphatic heterocycles. The van der Waals surface area contributed by atoms with E-state index in [0.717, 1.165) is 4.90 Å². The highest BCUT2D eigenvalue weighted by Crippen LogP contribution is 2.57. The lowest BCUT2D eigenvalue weighted by atomic mass is 9.77. The Balaban J connectivity index is 1.46. The van der Waals surface area contributed by atoms with Crippen molar-refractivity contribution in [3.8, 4) is 0 Å². The van der Waals surface area contributed by atoms with Crippen molar-refractivity contribution in [3.63, 3.8) is 0 Å². The first-order valence-electron chi connectivity index (χ1n) is 12.1. The summed E-state index contributed by atoms with van der Waals surface area (Å²) in [6.45, 7) is 1.86. The number of anilines is 1. The van der Waals surface area contributed by atoms with Gasteiger partial charge in [0.2, 0.25) is 29.0 Å². The molecule has 3 atom stereocenters. The maximum atomic E-state index is 13.9. The molecular formula is C29H20FNO7. The zero-order chi connectivity index (χ0) is 26.8. The van der Waals surface area contributed by atoms with Crippen molar-refractivity contribution in [2.24, 2.45) is 11.8 Å². The van der Waals surface area contributed by atoms with E-state index in [-0.39, 0.29) is 29.0 Å². The topological polar surface area (TPSA) is 107 Å². The molecule has 0 bridgehead atoms. The van der Waals surface area contributed by atoms with E-state index in [2.05, 4.69) is 0 Å². The first-order chi connectivity index (χ1) is 18.3. The highest BCUT2D eigenvalue weighted by atomic mass is 19.1. The fraction of sp³-hybridized carbons (Fsp3) is 0.207. The van der Waals surface area contributed by atoms with Gasteiger partial charge in [-0.1, -0.05) is 36.4 Å². The van der Waals surface area contributed by atoms with Gasteiger partial charge in [-0.05, 0) is 48.9 Å². The Morgan fingerprint density at radius 3 is 2.08 bits per heavy atom. The second-order valence-electron chi connectivity index (χ2n) is 9.31. The summed E-state index contributed by atoms with van der Waals surface area (Å²) in [6, 6.07) is 17.1. The van der Waals surface area contributed by atoms with Gasteiger partial charge in [-0.2, -0.15) is 0 Å². The summed E-state index contributed by atoms with van der Waals surface area (Å²) < 4.78 is 24.8. The fourth-order valence-electron chi connectivity index (χ4n) is 5.69. The molecule has 0 N–H and O–H groups in total. The van der Waals surface area contributed by atoms with Crippen LogP contribution in [0.2, 0.25) is 0 Å². The van der Waals surface area contributed by atoms with Gasteiger partial charge < -0.3 is 9.47 Å². The van der Waals surface area contributed by atoms with Crippen molar-refractivity contribution in [2.45, 2.75) is 18.6 Å². The maximum Gasteiger partial charge on any atom is 0.338 e. The number of ether oxygens (including phenoxy) is 2. The zero-order valence-electron chi connectivity index (χ0n) is 20.1. The van der Waals surface area contributed by atoms with Crippen LogP contribution in [-0.2, 0) is 19.1 Å². The van der Waals surface area contributed by atoms with Gasteiger partial charge in [-0.15, -0.1) is 0 Å². The molecule has 0 radical (unpaired) electrons. The van der Waals surface area contributed by atoms with Crippen LogP contribution in [0.4, 0.5) is 10.1 Å². The molecule has 190 valence electrons. The number of Topliss-reactive ketones (excluding diaryl/α,β-unsaturated/α-hetero) is 2. The summed E-state index contributed by atoms with van der Waals surface area (Å²) in [5.74, 6) is -6.50. The number of ketones is 2. The van der Waals surface area contributed by atoms with Crippen molar-refractivity contribution < 1.29 is 37.8 Å². The second kappa shape index (κ2) is 8.53. The highest BCUT2D eigenvalue weighted by molar-refractivity contribution is 6.37. The summed E-state index contributed by atoms with van der Waals surface area (Å²) in [7, 11) is 0. The predicted molar refractivity (Wildman–Crippen MR) is 130 cm³/mol. The Labute approximate surface area is 216 Å². The Bertz CT molecular complexity index is 1490. The number of hydrogen-bond donors (Lipinski definition) is 0. The van der Waals surface area contributed by atoms with Gasteiger partial charge in [0, 0.05) is 11.1 Å². The molecule has 9 heteroatoms. The normalized spacial score (nSPS) is 23.2. The molecular weight excluding hydrogens is 493 g/mol. The first kappa shape index (κ1) is 23.9. The number of hydrogen-bond acceptors (Lipinski definition) is 7. The molecule has 0 unspecified atom stereocenters. The van der Waals surface area contributed by atoms with E-state index in [9.17, 15) is 28.4 Å². The van der Waals surface area contributed by atoms with Gasteiger partial charge in [0.25, 0.3) is 0 Å². The third-order valence-corrected chi connectivity index (χ3v) is 7.35. The molecule has 2 amide bonds. The molecule has 2 heterocycles. The smallest absolute Gasteiger partial charge is 0.338 e. The molecule has 38 heavy (non-hydrogen) atoms. The lowest BCUT2D eigenvalue weighted by Crippen LogP contribution is -2.51. The van der Waals surface area contributed by atoms with E-state index in [1.54, 1.807) is 19.1 Å². The summed E-state index contributed by atoms with van der Waals surface area (Å²) in [5.41, 5.74) is -1.22. The minimum Gasteiger partial charge on any atom is -0.462 e. The molecule has 3 aromatic carbocycles. The molecule has 6 rings (SSSR count). The van der Waals surface area contributed by atoms with Crippen LogP contribution < -0.4 is 4.90 Å². The van der Waals surface area contributed by atoms with Gasteiger partial charge >= 0.3 is 5.97 Å². The number of carbonyl (C=O) groups is 5. The van der Waals surface area contributed by atoms with Gasteiger partial charge in [-0.3, -0.25) is 19.2 Å². The third kappa shape index (κ3) is 3.15. The number of amides is 2. The molecule has 0 aromatic heterocycles. The van der Waals surface area contributed by atoms with Crippen LogP contribution in [0.25, 0.3) is 0 Å². The quantitative estimate of drug-likeness (QED) is 0.298. The number of carbonyl (C=O) groups excluding carboxylic acids is 5. The van der Waals surface area contributed by atoms with Crippen molar-refractivity contribution >= 4 is 35.0 Å². The monoisotopic (exact) mass is 513 g/mol. The fourth-order valence-corrected chi connectivity index (χ4v) is 5.69. The van der Waals surface area contributed by atoms with E-state index >= 15 is 0 Å². The Hall–Kier alpha value is -4.50. The average Bonchev–Trinajstić information content (AvgIpc) is 3.49. The van der Waals surface area contributed by atoms with Gasteiger partial charge in [0.1, 0.15) is 5.82 Å². The Morgan fingerprint density at radius 2 is 1.50 bits per heavy atom. The standard InChI is InChI=1S/C29H20FNO7/c1-2-37-28(36)16-9-13-18(14-10-16)31-26(34)21-22(27(31)35)29(38-23(21)15-7-11-17(30)12-8-15)24(32)19-5-3-4-6-20(19)25(29)33/h3-14,21-23H,2H2,1H3/t21-,22+,23+/m0/s1. The third-order valence-electron chi connectivity index (χ3n) is 7.35. The van der Waals surface area contributed by atoms with Crippen LogP contribution in [0.1, 0.15) is 49.7 Å². The molecule has 0 saturated carbocycles. The van der Waals surface area contributed by atoms with E-state index in [1.165, 1.54) is 60.7 Å². The summed E-state index contributed by atoms with van der Waals surface area (Å²) >= 11 is 0. The minimum atomic E-state index is -2.22. The lowest BCUT2D eigenvalue weighted by molar-refractivity contribution is -0.127. The summed E-state index contributed by atoms with van der Waals surface area (Å²) in [5, 5.41) is 0. The molecule has 3 aliphatic rings. The van der Waals surface area contributed by atoms with Gasteiger partial charge in [-0.25, -0.2) is 14.1 Å². The Kier molecular flexibility index (Phi) is 5.36. The van der Waals surface area contributed by atoms with E-state index in [0.29, 0.717) is 5.56 Å². The van der Waals surface area contributed by atoms with Crippen LogP contribution in [-0.4, -0.2) is 41.6 Å². The highest BCUT2D eigenvalue weighted by Gasteiger charge is 2.74. The molecule has 8 nitrogen and oxygen atoms in total. The van der Waals surface area contributed by atoms with Crippen molar-refractivity contribution in [1.82, 2.24) is 0 Å². The van der Waals surface area contributed by atoms with Crippen molar-refractivity contribution in [1.29, 1.82) is 0 Å². The van der Waals surface area contributed by atoms with Crippen LogP contribution in [0.5, 0.6) is 0 Å². The molecule has 1 aliphatic carbocycles. The van der Waals surface area contributed by atoms with Crippen molar-refractivity contribution in [3.05, 3.63) is 101 Å².